The van der Waals surface area contributed by atoms with Gasteiger partial charge in [-0.3, -0.25) is 4.79 Å². The molecule has 0 aliphatic heterocycles. The molecule has 2 N–H and O–H groups in total. The van der Waals surface area contributed by atoms with Crippen molar-refractivity contribution in [2.24, 2.45) is 5.92 Å². The van der Waals surface area contributed by atoms with E-state index in [0.29, 0.717) is 11.5 Å². The quantitative estimate of drug-likeness (QED) is 0.867. The highest BCUT2D eigenvalue weighted by Crippen LogP contribution is 2.24. The van der Waals surface area contributed by atoms with E-state index in [-0.39, 0.29) is 16.9 Å². The van der Waals surface area contributed by atoms with Crippen LogP contribution in [0.5, 0.6) is 0 Å². The summed E-state index contributed by atoms with van der Waals surface area (Å²) in [5.41, 5.74) is 6.13. The van der Waals surface area contributed by atoms with Crippen LogP contribution in [0.1, 0.15) is 42.5 Å². The molecular formula is C14H20ClN3O. The third kappa shape index (κ3) is 3.83. The third-order valence-electron chi connectivity index (χ3n) is 3.66. The number of pyridine rings is 1. The summed E-state index contributed by atoms with van der Waals surface area (Å²) in [6.07, 6.45) is 6.32. The normalized spacial score (nSPS) is 16.3. The number of hydrogen-bond acceptors (Lipinski definition) is 3. The predicted molar refractivity (Wildman–Crippen MR) is 77.2 cm³/mol. The van der Waals surface area contributed by atoms with E-state index in [0.717, 1.165) is 6.54 Å². The van der Waals surface area contributed by atoms with Crippen LogP contribution in [0.4, 0.5) is 5.82 Å². The van der Waals surface area contributed by atoms with E-state index in [1.165, 1.54) is 32.1 Å². The fraction of sp³-hybridized carbons (Fsp3) is 0.571. The Labute approximate surface area is 118 Å². The second-order valence-electron chi connectivity index (χ2n) is 5.29. The zero-order chi connectivity index (χ0) is 13.8. The maximum absolute atomic E-state index is 12.3. The smallest absolute Gasteiger partial charge is 0.253 e. The Bertz CT molecular complexity index is 438. The van der Waals surface area contributed by atoms with Gasteiger partial charge in [-0.1, -0.05) is 30.9 Å². The molecule has 1 aromatic heterocycles. The number of aromatic nitrogens is 1. The van der Waals surface area contributed by atoms with Gasteiger partial charge in [0.1, 0.15) is 11.0 Å². The molecule has 0 aromatic carbocycles. The van der Waals surface area contributed by atoms with E-state index >= 15 is 0 Å². The number of nitrogen functional groups attached to an aromatic ring is 1. The third-order valence-corrected chi connectivity index (χ3v) is 3.86. The molecule has 1 fully saturated rings. The lowest BCUT2D eigenvalue weighted by molar-refractivity contribution is 0.0760. The molecule has 0 radical (unpaired) electrons. The summed E-state index contributed by atoms with van der Waals surface area (Å²) in [6.45, 7) is 0.804. The molecule has 0 spiro atoms. The Kier molecular flexibility index (Phi) is 4.64. The summed E-state index contributed by atoms with van der Waals surface area (Å²) in [4.78, 5) is 17.9. The SMILES string of the molecule is CN(CC1CCCCC1)C(=O)c1cc(N)nc(Cl)c1. The molecule has 1 saturated carbocycles. The van der Waals surface area contributed by atoms with Crippen molar-refractivity contribution >= 4 is 23.3 Å². The van der Waals surface area contributed by atoms with E-state index in [4.69, 9.17) is 17.3 Å². The molecule has 19 heavy (non-hydrogen) atoms. The highest BCUT2D eigenvalue weighted by atomic mass is 35.5. The van der Waals surface area contributed by atoms with E-state index in [1.54, 1.807) is 17.0 Å². The molecule has 0 bridgehead atoms. The van der Waals surface area contributed by atoms with Gasteiger partial charge < -0.3 is 10.6 Å². The van der Waals surface area contributed by atoms with Gasteiger partial charge in [0.25, 0.3) is 5.91 Å². The second kappa shape index (κ2) is 6.24. The minimum absolute atomic E-state index is 0.0402. The van der Waals surface area contributed by atoms with Crippen LogP contribution in [-0.4, -0.2) is 29.4 Å². The fourth-order valence-corrected chi connectivity index (χ4v) is 2.92. The maximum Gasteiger partial charge on any atom is 0.253 e. The molecule has 1 aromatic rings. The average molecular weight is 282 g/mol. The summed E-state index contributed by atoms with van der Waals surface area (Å²) in [5, 5.41) is 0.259. The lowest BCUT2D eigenvalue weighted by Crippen LogP contribution is -2.32. The number of rotatable bonds is 3. The summed E-state index contributed by atoms with van der Waals surface area (Å²) >= 11 is 5.83. The summed E-state index contributed by atoms with van der Waals surface area (Å²) in [6, 6.07) is 3.14. The van der Waals surface area contributed by atoms with Gasteiger partial charge >= 0.3 is 0 Å². The van der Waals surface area contributed by atoms with Crippen LogP contribution in [-0.2, 0) is 0 Å². The number of carbonyl (C=O) groups is 1. The molecule has 0 atom stereocenters. The zero-order valence-electron chi connectivity index (χ0n) is 11.2. The minimum atomic E-state index is -0.0402. The number of nitrogens with two attached hydrogens (primary N) is 1. The predicted octanol–water partition coefficient (Wildman–Crippen LogP) is 2.97. The Morgan fingerprint density at radius 1 is 1.42 bits per heavy atom. The molecule has 5 heteroatoms. The summed E-state index contributed by atoms with van der Waals surface area (Å²) < 4.78 is 0. The molecule has 1 amide bonds. The first-order chi connectivity index (χ1) is 9.06. The van der Waals surface area contributed by atoms with Crippen molar-refractivity contribution in [2.75, 3.05) is 19.3 Å². The number of carbonyl (C=O) groups excluding carboxylic acids is 1. The topological polar surface area (TPSA) is 59.2 Å². The highest BCUT2D eigenvalue weighted by molar-refractivity contribution is 6.29. The molecule has 0 unspecified atom stereocenters. The summed E-state index contributed by atoms with van der Waals surface area (Å²) in [5.74, 6) is 0.862. The van der Waals surface area contributed by atoms with Crippen molar-refractivity contribution in [1.29, 1.82) is 0 Å². The van der Waals surface area contributed by atoms with Crippen molar-refractivity contribution in [3.05, 3.63) is 22.8 Å². The standard InChI is InChI=1S/C14H20ClN3O/c1-18(9-10-5-3-2-4-6-10)14(19)11-7-12(15)17-13(16)8-11/h7-8,10H,2-6,9H2,1H3,(H2,16,17). The lowest BCUT2D eigenvalue weighted by Gasteiger charge is -2.27. The van der Waals surface area contributed by atoms with E-state index in [2.05, 4.69) is 4.98 Å². The van der Waals surface area contributed by atoms with Crippen LogP contribution in [0.25, 0.3) is 0 Å². The molecule has 104 valence electrons. The van der Waals surface area contributed by atoms with Crippen LogP contribution in [0, 0.1) is 5.92 Å². The zero-order valence-corrected chi connectivity index (χ0v) is 12.0. The van der Waals surface area contributed by atoms with Crippen LogP contribution in [0.3, 0.4) is 0 Å². The van der Waals surface area contributed by atoms with Gasteiger partial charge in [0.05, 0.1) is 0 Å². The summed E-state index contributed by atoms with van der Waals surface area (Å²) in [7, 11) is 1.83. The van der Waals surface area contributed by atoms with Gasteiger partial charge in [-0.15, -0.1) is 0 Å². The van der Waals surface area contributed by atoms with Gasteiger partial charge in [0.2, 0.25) is 0 Å². The molecule has 1 aliphatic carbocycles. The number of amides is 1. The largest absolute Gasteiger partial charge is 0.384 e. The number of halogens is 1. The van der Waals surface area contributed by atoms with Crippen LogP contribution in [0.2, 0.25) is 5.15 Å². The molecule has 0 saturated heterocycles. The highest BCUT2D eigenvalue weighted by Gasteiger charge is 2.19. The van der Waals surface area contributed by atoms with Crippen molar-refractivity contribution in [3.63, 3.8) is 0 Å². The second-order valence-corrected chi connectivity index (χ2v) is 5.68. The minimum Gasteiger partial charge on any atom is -0.384 e. The van der Waals surface area contributed by atoms with Gasteiger partial charge in [0.15, 0.2) is 0 Å². The Morgan fingerprint density at radius 3 is 2.74 bits per heavy atom. The molecule has 1 heterocycles. The molecular weight excluding hydrogens is 262 g/mol. The maximum atomic E-state index is 12.3. The monoisotopic (exact) mass is 281 g/mol. The number of nitrogens with zero attached hydrogens (tertiary/aromatic N) is 2. The van der Waals surface area contributed by atoms with E-state index in [9.17, 15) is 4.79 Å². The van der Waals surface area contributed by atoms with Crippen molar-refractivity contribution in [1.82, 2.24) is 9.88 Å². The first-order valence-electron chi connectivity index (χ1n) is 6.75. The molecule has 1 aliphatic rings. The van der Waals surface area contributed by atoms with E-state index in [1.807, 2.05) is 7.05 Å². The van der Waals surface area contributed by atoms with Gasteiger partial charge in [-0.25, -0.2) is 4.98 Å². The number of anilines is 1. The Balaban J connectivity index is 2.01. The van der Waals surface area contributed by atoms with Gasteiger partial charge in [0, 0.05) is 19.2 Å². The average Bonchev–Trinajstić information content (AvgIpc) is 2.37. The van der Waals surface area contributed by atoms with Crippen molar-refractivity contribution in [3.8, 4) is 0 Å². The Hall–Kier alpha value is -1.29. The van der Waals surface area contributed by atoms with Gasteiger partial charge in [-0.05, 0) is 30.9 Å². The van der Waals surface area contributed by atoms with Crippen molar-refractivity contribution in [2.45, 2.75) is 32.1 Å². The Morgan fingerprint density at radius 2 is 2.11 bits per heavy atom. The van der Waals surface area contributed by atoms with Gasteiger partial charge in [-0.2, -0.15) is 0 Å². The van der Waals surface area contributed by atoms with Crippen LogP contribution < -0.4 is 5.73 Å². The fourth-order valence-electron chi connectivity index (χ4n) is 2.70. The molecule has 4 nitrogen and oxygen atoms in total. The molecule has 2 rings (SSSR count). The first-order valence-corrected chi connectivity index (χ1v) is 7.12. The van der Waals surface area contributed by atoms with Crippen LogP contribution in [0.15, 0.2) is 12.1 Å². The van der Waals surface area contributed by atoms with Crippen LogP contribution >= 0.6 is 11.6 Å². The van der Waals surface area contributed by atoms with E-state index < -0.39 is 0 Å². The number of hydrogen-bond donors (Lipinski definition) is 1. The van der Waals surface area contributed by atoms with Crippen molar-refractivity contribution < 1.29 is 4.79 Å². The first kappa shape index (κ1) is 14.1. The lowest BCUT2D eigenvalue weighted by atomic mass is 9.89.